The molecular weight excluding hydrogens is 358 g/mol. The summed E-state index contributed by atoms with van der Waals surface area (Å²) < 4.78 is 15.9. The maximum Gasteiger partial charge on any atom is 0.352 e. The number of carbonyl (C=O) groups is 2. The molecule has 6 heteroatoms. The van der Waals surface area contributed by atoms with Gasteiger partial charge in [-0.1, -0.05) is 36.4 Å². The van der Waals surface area contributed by atoms with Gasteiger partial charge in [-0.15, -0.1) is 0 Å². The van der Waals surface area contributed by atoms with Gasteiger partial charge in [-0.2, -0.15) is 0 Å². The Morgan fingerprint density at radius 1 is 1.00 bits per heavy atom. The number of cyclic esters (lactones) is 1. The van der Waals surface area contributed by atoms with Crippen molar-refractivity contribution in [3.05, 3.63) is 72.3 Å². The van der Waals surface area contributed by atoms with Crippen LogP contribution in [0.15, 0.2) is 71.7 Å². The maximum atomic E-state index is 12.8. The Morgan fingerprint density at radius 3 is 2.46 bits per heavy atom. The van der Waals surface area contributed by atoms with Gasteiger partial charge in [0.15, 0.2) is 0 Å². The van der Waals surface area contributed by atoms with Crippen LogP contribution in [0.3, 0.4) is 0 Å². The van der Waals surface area contributed by atoms with E-state index in [1.807, 2.05) is 30.3 Å². The summed E-state index contributed by atoms with van der Waals surface area (Å²) in [5.74, 6) is -0.469. The fourth-order valence-electron chi connectivity index (χ4n) is 2.93. The first-order chi connectivity index (χ1) is 13.5. The fraction of sp³-hybridized carbons (Fsp3) is 0.136. The van der Waals surface area contributed by atoms with Crippen LogP contribution in [0.4, 0.5) is 0 Å². The largest absolute Gasteiger partial charge is 0.497 e. The molecule has 6 nitrogen and oxygen atoms in total. The molecule has 1 aliphatic heterocycles. The highest BCUT2D eigenvalue weighted by atomic mass is 16.6. The minimum absolute atomic E-state index is 0.0741. The summed E-state index contributed by atoms with van der Waals surface area (Å²) in [6, 6.07) is 19.7. The molecule has 0 aromatic heterocycles. The van der Waals surface area contributed by atoms with Crippen LogP contribution in [0.25, 0.3) is 10.8 Å². The minimum Gasteiger partial charge on any atom is -0.497 e. The number of nitrogens with zero attached hydrogens (tertiary/aromatic N) is 1. The molecule has 0 amide bonds. The summed E-state index contributed by atoms with van der Waals surface area (Å²) in [6.45, 7) is 1.39. The number of methoxy groups -OCH3 is 1. The highest BCUT2D eigenvalue weighted by Crippen LogP contribution is 2.30. The number of benzene rings is 3. The fourth-order valence-corrected chi connectivity index (χ4v) is 2.93. The number of hydrogen-bond acceptors (Lipinski definition) is 6. The van der Waals surface area contributed by atoms with Gasteiger partial charge in [0.1, 0.15) is 11.5 Å². The summed E-state index contributed by atoms with van der Waals surface area (Å²) in [7, 11) is 1.56. The van der Waals surface area contributed by atoms with Gasteiger partial charge in [-0.05, 0) is 42.6 Å². The molecule has 4 rings (SSSR count). The first-order valence-electron chi connectivity index (χ1n) is 8.68. The van der Waals surface area contributed by atoms with Crippen molar-refractivity contribution in [2.45, 2.75) is 12.5 Å². The second-order valence-corrected chi connectivity index (χ2v) is 6.47. The number of rotatable bonds is 4. The monoisotopic (exact) mass is 375 g/mol. The topological polar surface area (TPSA) is 74.2 Å². The Hall–Kier alpha value is -3.67. The van der Waals surface area contributed by atoms with Gasteiger partial charge in [0.2, 0.25) is 5.90 Å². The molecule has 3 aromatic rings. The third kappa shape index (κ3) is 2.99. The van der Waals surface area contributed by atoms with Gasteiger partial charge in [-0.25, -0.2) is 14.6 Å². The van der Waals surface area contributed by atoms with Crippen LogP contribution in [0, 0.1) is 0 Å². The van der Waals surface area contributed by atoms with E-state index >= 15 is 0 Å². The average molecular weight is 375 g/mol. The Kier molecular flexibility index (Phi) is 4.31. The standard InChI is InChI=1S/C22H17NO5/c1-22(20(24)27-18-9-5-7-14-6-3-4-8-17(14)18)21(25)28-19(23-22)15-10-12-16(26-2)13-11-15/h3-13H,1-2H3/t22-/m1/s1. The average Bonchev–Trinajstić information content (AvgIpc) is 3.04. The zero-order valence-corrected chi connectivity index (χ0v) is 15.3. The molecule has 0 saturated heterocycles. The van der Waals surface area contributed by atoms with E-state index in [4.69, 9.17) is 14.2 Å². The Labute approximate surface area is 161 Å². The molecular formula is C22H17NO5. The number of hydrogen-bond donors (Lipinski definition) is 0. The summed E-state index contributed by atoms with van der Waals surface area (Å²) in [6.07, 6.45) is 0. The highest BCUT2D eigenvalue weighted by molar-refractivity contribution is 6.17. The van der Waals surface area contributed by atoms with Gasteiger partial charge < -0.3 is 14.2 Å². The third-order valence-corrected chi connectivity index (χ3v) is 4.60. The van der Waals surface area contributed by atoms with E-state index in [-0.39, 0.29) is 5.90 Å². The number of carbonyl (C=O) groups excluding carboxylic acids is 2. The van der Waals surface area contributed by atoms with Gasteiger partial charge in [0.05, 0.1) is 7.11 Å². The molecule has 0 spiro atoms. The number of esters is 2. The summed E-state index contributed by atoms with van der Waals surface area (Å²) in [4.78, 5) is 29.5. The van der Waals surface area contributed by atoms with Crippen molar-refractivity contribution >= 4 is 28.6 Å². The van der Waals surface area contributed by atoms with Gasteiger partial charge in [0, 0.05) is 10.9 Å². The zero-order valence-electron chi connectivity index (χ0n) is 15.3. The van der Waals surface area contributed by atoms with E-state index in [1.165, 1.54) is 6.92 Å². The summed E-state index contributed by atoms with van der Waals surface area (Å²) in [5, 5.41) is 1.70. The lowest BCUT2D eigenvalue weighted by atomic mass is 10.0. The SMILES string of the molecule is COc1ccc(C2=N[C@](C)(C(=O)Oc3cccc4ccccc34)C(=O)O2)cc1. The molecule has 1 aliphatic rings. The van der Waals surface area contributed by atoms with E-state index in [0.717, 1.165) is 10.8 Å². The Bertz CT molecular complexity index is 1100. The van der Waals surface area contributed by atoms with Gasteiger partial charge in [0.25, 0.3) is 5.54 Å². The third-order valence-electron chi connectivity index (χ3n) is 4.60. The van der Waals surface area contributed by atoms with Crippen molar-refractivity contribution in [1.82, 2.24) is 0 Å². The van der Waals surface area contributed by atoms with Crippen LogP contribution in [-0.2, 0) is 14.3 Å². The summed E-state index contributed by atoms with van der Waals surface area (Å²) >= 11 is 0. The zero-order chi connectivity index (χ0) is 19.7. The van der Waals surface area contributed by atoms with Crippen molar-refractivity contribution in [2.75, 3.05) is 7.11 Å². The van der Waals surface area contributed by atoms with Crippen LogP contribution in [0.5, 0.6) is 11.5 Å². The Balaban J connectivity index is 1.63. The molecule has 1 heterocycles. The molecule has 0 N–H and O–H groups in total. The molecule has 0 fully saturated rings. The maximum absolute atomic E-state index is 12.8. The van der Waals surface area contributed by atoms with Crippen LogP contribution >= 0.6 is 0 Å². The van der Waals surface area contributed by atoms with E-state index in [9.17, 15) is 9.59 Å². The lowest BCUT2D eigenvalue weighted by molar-refractivity contribution is -0.150. The molecule has 0 unspecified atom stereocenters. The first kappa shape index (κ1) is 17.7. The van der Waals surface area contributed by atoms with Crippen molar-refractivity contribution in [2.24, 2.45) is 4.99 Å². The molecule has 1 atom stereocenters. The van der Waals surface area contributed by atoms with Gasteiger partial charge in [-0.3, -0.25) is 0 Å². The van der Waals surface area contributed by atoms with E-state index < -0.39 is 17.5 Å². The van der Waals surface area contributed by atoms with Crippen LogP contribution in [-0.4, -0.2) is 30.5 Å². The van der Waals surface area contributed by atoms with Crippen molar-refractivity contribution in [1.29, 1.82) is 0 Å². The van der Waals surface area contributed by atoms with E-state index in [0.29, 0.717) is 17.1 Å². The van der Waals surface area contributed by atoms with Crippen molar-refractivity contribution in [3.63, 3.8) is 0 Å². The Morgan fingerprint density at radius 2 is 1.71 bits per heavy atom. The van der Waals surface area contributed by atoms with Crippen molar-refractivity contribution in [3.8, 4) is 11.5 Å². The number of fused-ring (bicyclic) bond motifs is 1. The second kappa shape index (κ2) is 6.81. The second-order valence-electron chi connectivity index (χ2n) is 6.47. The highest BCUT2D eigenvalue weighted by Gasteiger charge is 2.50. The molecule has 0 aliphatic carbocycles. The van der Waals surface area contributed by atoms with Crippen LogP contribution in [0.1, 0.15) is 12.5 Å². The van der Waals surface area contributed by atoms with Crippen LogP contribution < -0.4 is 9.47 Å². The number of ether oxygens (including phenoxy) is 3. The lowest BCUT2D eigenvalue weighted by Gasteiger charge is -2.15. The van der Waals surface area contributed by atoms with E-state index in [2.05, 4.69) is 4.99 Å². The lowest BCUT2D eigenvalue weighted by Crippen LogP contribution is -2.42. The minimum atomic E-state index is -1.77. The molecule has 140 valence electrons. The predicted molar refractivity (Wildman–Crippen MR) is 104 cm³/mol. The molecule has 28 heavy (non-hydrogen) atoms. The number of aliphatic imine (C=N–C) groups is 1. The molecule has 0 bridgehead atoms. The van der Waals surface area contributed by atoms with Gasteiger partial charge >= 0.3 is 11.9 Å². The normalized spacial score (nSPS) is 18.5. The van der Waals surface area contributed by atoms with Crippen LogP contribution in [0.2, 0.25) is 0 Å². The van der Waals surface area contributed by atoms with Crippen molar-refractivity contribution < 1.29 is 23.8 Å². The first-order valence-corrected chi connectivity index (χ1v) is 8.68. The predicted octanol–water partition coefficient (Wildman–Crippen LogP) is 3.52. The smallest absolute Gasteiger partial charge is 0.352 e. The molecule has 0 radical (unpaired) electrons. The molecule has 3 aromatic carbocycles. The van der Waals surface area contributed by atoms with E-state index in [1.54, 1.807) is 43.5 Å². The quantitative estimate of drug-likeness (QED) is 0.396. The summed E-state index contributed by atoms with van der Waals surface area (Å²) in [5.41, 5.74) is -1.21. The molecule has 0 saturated carbocycles.